The first-order valence-corrected chi connectivity index (χ1v) is 9.54. The van der Waals surface area contributed by atoms with Crippen molar-refractivity contribution in [3.63, 3.8) is 0 Å². The summed E-state index contributed by atoms with van der Waals surface area (Å²) in [4.78, 5) is 28.7. The minimum Gasteiger partial charge on any atom is -0.497 e. The van der Waals surface area contributed by atoms with E-state index in [1.54, 1.807) is 16.9 Å². The molecule has 1 unspecified atom stereocenters. The Morgan fingerprint density at radius 2 is 1.82 bits per heavy atom. The van der Waals surface area contributed by atoms with E-state index in [4.69, 9.17) is 4.74 Å². The van der Waals surface area contributed by atoms with Crippen LogP contribution in [0.15, 0.2) is 54.6 Å². The number of nitrogens with one attached hydrogen (secondary N) is 1. The fourth-order valence-electron chi connectivity index (χ4n) is 3.42. The Balaban J connectivity index is 1.66. The van der Waals surface area contributed by atoms with Crippen molar-refractivity contribution in [1.29, 1.82) is 0 Å². The van der Waals surface area contributed by atoms with Crippen LogP contribution in [0.1, 0.15) is 25.5 Å². The number of benzene rings is 2. The van der Waals surface area contributed by atoms with E-state index in [1.807, 2.05) is 54.6 Å². The Hall–Kier alpha value is -3.02. The Morgan fingerprint density at radius 1 is 1.07 bits per heavy atom. The summed E-state index contributed by atoms with van der Waals surface area (Å²) in [5.41, 5.74) is 1.85. The molecule has 0 saturated carbocycles. The van der Waals surface area contributed by atoms with Gasteiger partial charge in [0.1, 0.15) is 12.3 Å². The standard InChI is InChI=1S/C22H27N3O3/c1-16(2)21(17-8-5-4-6-9-17)23-22(27)24-12-13-25(20(26)15-24)18-10-7-11-19(14-18)28-3/h4-11,14,16,21H,12-13,15H2,1-3H3,(H,23,27). The Bertz CT molecular complexity index is 823. The first-order chi connectivity index (χ1) is 13.5. The van der Waals surface area contributed by atoms with E-state index in [0.717, 1.165) is 11.3 Å². The third-order valence-electron chi connectivity index (χ3n) is 4.98. The molecule has 1 heterocycles. The molecule has 0 bridgehead atoms. The molecule has 2 aromatic rings. The van der Waals surface area contributed by atoms with Crippen LogP contribution in [-0.2, 0) is 4.79 Å². The molecule has 0 aromatic heterocycles. The molecular formula is C22H27N3O3. The van der Waals surface area contributed by atoms with Crippen molar-refractivity contribution < 1.29 is 14.3 Å². The van der Waals surface area contributed by atoms with Crippen molar-refractivity contribution in [3.8, 4) is 5.75 Å². The van der Waals surface area contributed by atoms with Gasteiger partial charge in [-0.15, -0.1) is 0 Å². The fourth-order valence-corrected chi connectivity index (χ4v) is 3.42. The lowest BCUT2D eigenvalue weighted by atomic mass is 9.96. The lowest BCUT2D eigenvalue weighted by Gasteiger charge is -2.35. The Morgan fingerprint density at radius 3 is 2.46 bits per heavy atom. The van der Waals surface area contributed by atoms with Crippen molar-refractivity contribution in [3.05, 3.63) is 60.2 Å². The van der Waals surface area contributed by atoms with Gasteiger partial charge < -0.3 is 19.9 Å². The number of carbonyl (C=O) groups is 2. The van der Waals surface area contributed by atoms with Crippen LogP contribution in [-0.4, -0.2) is 43.6 Å². The first kappa shape index (κ1) is 19.7. The molecule has 1 aliphatic rings. The predicted molar refractivity (Wildman–Crippen MR) is 109 cm³/mol. The van der Waals surface area contributed by atoms with Gasteiger partial charge in [0.05, 0.1) is 13.2 Å². The summed E-state index contributed by atoms with van der Waals surface area (Å²) < 4.78 is 5.24. The van der Waals surface area contributed by atoms with E-state index in [-0.39, 0.29) is 30.4 Å². The van der Waals surface area contributed by atoms with Gasteiger partial charge in [-0.1, -0.05) is 50.2 Å². The maximum Gasteiger partial charge on any atom is 0.318 e. The average Bonchev–Trinajstić information content (AvgIpc) is 2.72. The topological polar surface area (TPSA) is 61.9 Å². The smallest absolute Gasteiger partial charge is 0.318 e. The predicted octanol–water partition coefficient (Wildman–Crippen LogP) is 3.45. The summed E-state index contributed by atoms with van der Waals surface area (Å²) in [6, 6.07) is 17.0. The van der Waals surface area contributed by atoms with Crippen LogP contribution < -0.4 is 15.0 Å². The molecule has 148 valence electrons. The van der Waals surface area contributed by atoms with E-state index in [0.29, 0.717) is 18.8 Å². The highest BCUT2D eigenvalue weighted by Crippen LogP contribution is 2.24. The number of hydrogen-bond acceptors (Lipinski definition) is 3. The summed E-state index contributed by atoms with van der Waals surface area (Å²) in [7, 11) is 1.60. The molecule has 6 heteroatoms. The molecular weight excluding hydrogens is 354 g/mol. The summed E-state index contributed by atoms with van der Waals surface area (Å²) in [5, 5.41) is 3.09. The molecule has 0 spiro atoms. The van der Waals surface area contributed by atoms with Gasteiger partial charge in [-0.2, -0.15) is 0 Å². The van der Waals surface area contributed by atoms with E-state index < -0.39 is 0 Å². The normalized spacial score (nSPS) is 15.5. The van der Waals surface area contributed by atoms with Crippen LogP contribution in [0.5, 0.6) is 5.75 Å². The molecule has 2 aromatic carbocycles. The van der Waals surface area contributed by atoms with Crippen LogP contribution in [0, 0.1) is 5.92 Å². The van der Waals surface area contributed by atoms with Gasteiger partial charge in [-0.05, 0) is 23.6 Å². The van der Waals surface area contributed by atoms with E-state index in [2.05, 4.69) is 19.2 Å². The second-order valence-corrected chi connectivity index (χ2v) is 7.25. The van der Waals surface area contributed by atoms with Gasteiger partial charge in [-0.3, -0.25) is 4.79 Å². The zero-order valence-corrected chi connectivity index (χ0v) is 16.6. The molecule has 1 saturated heterocycles. The van der Waals surface area contributed by atoms with Gasteiger partial charge in [0.15, 0.2) is 0 Å². The molecule has 1 atom stereocenters. The highest BCUT2D eigenvalue weighted by Gasteiger charge is 2.30. The maximum atomic E-state index is 12.8. The lowest BCUT2D eigenvalue weighted by molar-refractivity contribution is -0.120. The molecule has 1 aliphatic heterocycles. The molecule has 0 radical (unpaired) electrons. The number of urea groups is 1. The second-order valence-electron chi connectivity index (χ2n) is 7.25. The summed E-state index contributed by atoms with van der Waals surface area (Å²) in [5.74, 6) is 0.837. The summed E-state index contributed by atoms with van der Waals surface area (Å²) >= 11 is 0. The number of anilines is 1. The zero-order valence-electron chi connectivity index (χ0n) is 16.6. The van der Waals surface area contributed by atoms with Crippen LogP contribution in [0.3, 0.4) is 0 Å². The molecule has 6 nitrogen and oxygen atoms in total. The largest absolute Gasteiger partial charge is 0.497 e. The van der Waals surface area contributed by atoms with Crippen molar-refractivity contribution in [2.24, 2.45) is 5.92 Å². The number of methoxy groups -OCH3 is 1. The fraction of sp³-hybridized carbons (Fsp3) is 0.364. The van der Waals surface area contributed by atoms with Crippen LogP contribution in [0.25, 0.3) is 0 Å². The minimum atomic E-state index is -0.207. The number of amides is 3. The summed E-state index contributed by atoms with van der Waals surface area (Å²) in [6.07, 6.45) is 0. The average molecular weight is 381 g/mol. The Kier molecular flexibility index (Phi) is 6.19. The molecule has 1 N–H and O–H groups in total. The highest BCUT2D eigenvalue weighted by molar-refractivity contribution is 5.97. The zero-order chi connectivity index (χ0) is 20.1. The van der Waals surface area contributed by atoms with Gasteiger partial charge in [0, 0.05) is 24.8 Å². The summed E-state index contributed by atoms with van der Waals surface area (Å²) in [6.45, 7) is 5.14. The van der Waals surface area contributed by atoms with Crippen molar-refractivity contribution in [2.75, 3.05) is 31.6 Å². The number of ether oxygens (including phenoxy) is 1. The van der Waals surface area contributed by atoms with Gasteiger partial charge in [0.25, 0.3) is 0 Å². The van der Waals surface area contributed by atoms with Gasteiger partial charge >= 0.3 is 6.03 Å². The van der Waals surface area contributed by atoms with E-state index in [9.17, 15) is 9.59 Å². The van der Waals surface area contributed by atoms with Crippen LogP contribution in [0.2, 0.25) is 0 Å². The number of carbonyl (C=O) groups excluding carboxylic acids is 2. The third-order valence-corrected chi connectivity index (χ3v) is 4.98. The first-order valence-electron chi connectivity index (χ1n) is 9.54. The monoisotopic (exact) mass is 381 g/mol. The van der Waals surface area contributed by atoms with E-state index >= 15 is 0 Å². The Labute approximate surface area is 166 Å². The van der Waals surface area contributed by atoms with Crippen molar-refractivity contribution in [1.82, 2.24) is 10.2 Å². The number of rotatable bonds is 5. The number of nitrogens with zero attached hydrogens (tertiary/aromatic N) is 2. The van der Waals surface area contributed by atoms with Crippen molar-refractivity contribution >= 4 is 17.6 Å². The molecule has 3 amide bonds. The van der Waals surface area contributed by atoms with E-state index in [1.165, 1.54) is 0 Å². The quantitative estimate of drug-likeness (QED) is 0.863. The van der Waals surface area contributed by atoms with Crippen LogP contribution >= 0.6 is 0 Å². The lowest BCUT2D eigenvalue weighted by Crippen LogP contribution is -2.55. The molecule has 0 aliphatic carbocycles. The van der Waals surface area contributed by atoms with Gasteiger partial charge in [0.2, 0.25) is 5.91 Å². The minimum absolute atomic E-state index is 0.0582. The highest BCUT2D eigenvalue weighted by atomic mass is 16.5. The molecule has 1 fully saturated rings. The SMILES string of the molecule is COc1cccc(N2CCN(C(=O)NC(c3ccccc3)C(C)C)CC2=O)c1. The molecule has 3 rings (SSSR count). The molecule has 28 heavy (non-hydrogen) atoms. The van der Waals surface area contributed by atoms with Crippen molar-refractivity contribution in [2.45, 2.75) is 19.9 Å². The third kappa shape index (κ3) is 4.44. The van der Waals surface area contributed by atoms with Crippen LogP contribution in [0.4, 0.5) is 10.5 Å². The second kappa shape index (κ2) is 8.78. The number of piperazine rings is 1. The number of hydrogen-bond donors (Lipinski definition) is 1. The van der Waals surface area contributed by atoms with Gasteiger partial charge in [-0.25, -0.2) is 4.79 Å². The maximum absolute atomic E-state index is 12.8.